The number of carbonyl (C=O) groups excluding carboxylic acids is 4. The number of piperidine rings is 1. The van der Waals surface area contributed by atoms with Crippen molar-refractivity contribution in [3.05, 3.63) is 82.0 Å². The summed E-state index contributed by atoms with van der Waals surface area (Å²) in [6, 6.07) is 9.35. The highest BCUT2D eigenvalue weighted by molar-refractivity contribution is 7.90. The highest BCUT2D eigenvalue weighted by Gasteiger charge is 2.45. The number of carbonyl (C=O) groups is 4. The average Bonchev–Trinajstić information content (AvgIpc) is 3.46. The Morgan fingerprint density at radius 1 is 0.881 bits per heavy atom. The number of hydrogen-bond donors (Lipinski definition) is 3. The highest BCUT2D eigenvalue weighted by atomic mass is 32.2. The van der Waals surface area contributed by atoms with Gasteiger partial charge in [-0.1, -0.05) is 6.07 Å². The Bertz CT molecular complexity index is 2440. The second-order valence-electron chi connectivity index (χ2n) is 14.3. The molecular formula is C40H45N7O11S. The molecule has 1 atom stereocenters. The van der Waals surface area contributed by atoms with Gasteiger partial charge in [0.05, 0.1) is 62.7 Å². The molecule has 7 rings (SSSR count). The maximum atomic E-state index is 13.2. The molecule has 0 radical (unpaired) electrons. The van der Waals surface area contributed by atoms with Crippen molar-refractivity contribution >= 4 is 50.1 Å². The third kappa shape index (κ3) is 8.55. The third-order valence-corrected chi connectivity index (χ3v) is 12.4. The smallest absolute Gasteiger partial charge is 0.264 e. The van der Waals surface area contributed by atoms with E-state index in [0.717, 1.165) is 27.0 Å². The van der Waals surface area contributed by atoms with Crippen LogP contribution < -0.4 is 30.4 Å². The molecule has 4 amide bonds. The minimum Gasteiger partial charge on any atom is -0.496 e. The summed E-state index contributed by atoms with van der Waals surface area (Å²) in [5.74, 6) is -1.14. The summed E-state index contributed by atoms with van der Waals surface area (Å²) in [5.41, 5.74) is 3.01. The summed E-state index contributed by atoms with van der Waals surface area (Å²) >= 11 is 0. The van der Waals surface area contributed by atoms with Crippen molar-refractivity contribution in [3.8, 4) is 22.6 Å². The molecule has 312 valence electrons. The molecule has 4 aromatic rings. The Kier molecular flexibility index (Phi) is 12.4. The lowest BCUT2D eigenvalue weighted by Crippen LogP contribution is -2.57. The maximum Gasteiger partial charge on any atom is 0.264 e. The summed E-state index contributed by atoms with van der Waals surface area (Å²) in [5, 5.41) is 5.95. The van der Waals surface area contributed by atoms with Gasteiger partial charge in [-0.3, -0.25) is 44.1 Å². The van der Waals surface area contributed by atoms with Gasteiger partial charge in [0.15, 0.2) is 0 Å². The van der Waals surface area contributed by atoms with Crippen molar-refractivity contribution in [2.45, 2.75) is 30.7 Å². The van der Waals surface area contributed by atoms with Crippen molar-refractivity contribution in [1.29, 1.82) is 0 Å². The number of sulfonamides is 1. The van der Waals surface area contributed by atoms with E-state index in [1.54, 1.807) is 58.1 Å². The van der Waals surface area contributed by atoms with E-state index in [-0.39, 0.29) is 62.5 Å². The Morgan fingerprint density at radius 3 is 2.29 bits per heavy atom. The summed E-state index contributed by atoms with van der Waals surface area (Å²) in [7, 11) is 1.23. The van der Waals surface area contributed by atoms with Gasteiger partial charge in [-0.2, -0.15) is 0 Å². The van der Waals surface area contributed by atoms with Crippen LogP contribution in [-0.4, -0.2) is 130 Å². The summed E-state index contributed by atoms with van der Waals surface area (Å²) in [6.45, 7) is 2.32. The molecule has 2 fully saturated rings. The van der Waals surface area contributed by atoms with Gasteiger partial charge < -0.3 is 28.8 Å². The number of methoxy groups -OCH3 is 2. The van der Waals surface area contributed by atoms with Crippen LogP contribution in [0.1, 0.15) is 39.1 Å². The second kappa shape index (κ2) is 17.6. The van der Waals surface area contributed by atoms with Gasteiger partial charge in [0, 0.05) is 76.0 Å². The predicted molar refractivity (Wildman–Crippen MR) is 215 cm³/mol. The maximum absolute atomic E-state index is 13.2. The molecule has 2 aromatic heterocycles. The van der Waals surface area contributed by atoms with Gasteiger partial charge in [-0.25, -0.2) is 13.1 Å². The molecule has 0 bridgehead atoms. The van der Waals surface area contributed by atoms with Gasteiger partial charge in [0.1, 0.15) is 22.8 Å². The normalized spacial score (nSPS) is 17.3. The molecule has 0 aliphatic carbocycles. The van der Waals surface area contributed by atoms with Crippen molar-refractivity contribution in [3.63, 3.8) is 0 Å². The van der Waals surface area contributed by atoms with Gasteiger partial charge in [-0.05, 0) is 47.7 Å². The van der Waals surface area contributed by atoms with E-state index >= 15 is 0 Å². The number of imide groups is 2. The molecule has 59 heavy (non-hydrogen) atoms. The number of nitrogens with zero attached hydrogens (tertiary/aromatic N) is 4. The van der Waals surface area contributed by atoms with Crippen molar-refractivity contribution < 1.29 is 46.5 Å². The van der Waals surface area contributed by atoms with E-state index in [2.05, 4.69) is 20.3 Å². The highest BCUT2D eigenvalue weighted by Crippen LogP contribution is 2.39. The number of ether oxygens (including phenoxy) is 4. The van der Waals surface area contributed by atoms with Gasteiger partial charge in [0.25, 0.3) is 17.4 Å². The van der Waals surface area contributed by atoms with Crippen LogP contribution in [0.25, 0.3) is 21.9 Å². The predicted octanol–water partition coefficient (Wildman–Crippen LogP) is 1.27. The molecule has 3 aliphatic heterocycles. The fourth-order valence-electron chi connectivity index (χ4n) is 7.52. The first-order valence-corrected chi connectivity index (χ1v) is 20.6. The first-order chi connectivity index (χ1) is 28.4. The quantitative estimate of drug-likeness (QED) is 0.0952. The van der Waals surface area contributed by atoms with Crippen LogP contribution in [0.2, 0.25) is 0 Å². The van der Waals surface area contributed by atoms with Crippen LogP contribution >= 0.6 is 0 Å². The monoisotopic (exact) mass is 831 g/mol. The number of amides is 4. The van der Waals surface area contributed by atoms with E-state index < -0.39 is 44.9 Å². The molecule has 2 aromatic carbocycles. The number of rotatable bonds is 18. The fourth-order valence-corrected chi connectivity index (χ4v) is 8.94. The van der Waals surface area contributed by atoms with Crippen LogP contribution in [0.3, 0.4) is 0 Å². The lowest BCUT2D eigenvalue weighted by molar-refractivity contribution is -0.136. The number of aryl methyl sites for hydroxylation is 1. The summed E-state index contributed by atoms with van der Waals surface area (Å²) in [4.78, 5) is 69.9. The van der Waals surface area contributed by atoms with Gasteiger partial charge in [-0.15, -0.1) is 0 Å². The first-order valence-electron chi connectivity index (χ1n) is 19.0. The molecule has 2 saturated heterocycles. The molecule has 5 heterocycles. The third-order valence-electron chi connectivity index (χ3n) is 10.6. The van der Waals surface area contributed by atoms with Crippen molar-refractivity contribution in [2.24, 2.45) is 7.05 Å². The van der Waals surface area contributed by atoms with Crippen LogP contribution in [-0.2, 0) is 42.7 Å². The number of hydrogen-bond acceptors (Lipinski definition) is 14. The molecule has 3 N–H and O–H groups in total. The fraction of sp³-hybridized carbons (Fsp3) is 0.400. The molecule has 3 aliphatic rings. The Hall–Kier alpha value is -5.73. The molecule has 0 spiro atoms. The lowest BCUT2D eigenvalue weighted by Gasteiger charge is -2.39. The topological polar surface area (TPSA) is 217 Å². The van der Waals surface area contributed by atoms with Crippen LogP contribution in [0.5, 0.6) is 11.5 Å². The van der Waals surface area contributed by atoms with Crippen LogP contribution in [0, 0.1) is 0 Å². The zero-order valence-electron chi connectivity index (χ0n) is 32.8. The van der Waals surface area contributed by atoms with Crippen LogP contribution in [0.15, 0.2) is 59.8 Å². The largest absolute Gasteiger partial charge is 0.496 e. The minimum absolute atomic E-state index is 0.0382. The van der Waals surface area contributed by atoms with E-state index in [1.807, 2.05) is 17.0 Å². The van der Waals surface area contributed by atoms with Crippen LogP contribution in [0.4, 0.5) is 5.69 Å². The molecule has 1 unspecified atom stereocenters. The molecular weight excluding hydrogens is 787 g/mol. The Balaban J connectivity index is 0.817. The van der Waals surface area contributed by atoms with Crippen molar-refractivity contribution in [2.75, 3.05) is 72.1 Å². The number of nitrogens with one attached hydrogen (secondary N) is 3. The SMILES string of the molecule is COc1cc(-c2cn(C)c(=O)c3cnccc23)cc(OC)c1CN1CC(S(=O)(=O)NCCOCCOCCNc2cccc3c2C(=O)N(C2CCC(=O)NC2=O)C3=O)C1. The standard InChI is InChI=1S/C40H45N7O11S/c1-45-22-29(26-9-10-41-19-28(26)38(45)50)24-17-33(55-2)30(34(18-24)56-3)23-46-20-25(21-46)59(53,54)43-12-14-58-16-15-57-13-11-42-31-6-4-5-27-36(31)40(52)47(39(27)51)32-7-8-35(48)44-37(32)49/h4-6,9-10,17-19,22,25,32,42-43H,7-8,11-16,20-21,23H2,1-3H3,(H,44,48,49). The number of pyridine rings is 2. The van der Waals surface area contributed by atoms with E-state index in [0.29, 0.717) is 48.8 Å². The zero-order chi connectivity index (χ0) is 41.8. The van der Waals surface area contributed by atoms with E-state index in [9.17, 15) is 32.4 Å². The molecule has 18 nitrogen and oxygen atoms in total. The van der Waals surface area contributed by atoms with Crippen molar-refractivity contribution in [1.82, 2.24) is 29.4 Å². The number of benzene rings is 2. The number of anilines is 1. The van der Waals surface area contributed by atoms with E-state index in [1.165, 1.54) is 10.6 Å². The zero-order valence-corrected chi connectivity index (χ0v) is 33.6. The minimum atomic E-state index is -3.60. The van der Waals surface area contributed by atoms with Gasteiger partial charge >= 0.3 is 0 Å². The number of fused-ring (bicyclic) bond motifs is 2. The Morgan fingerprint density at radius 2 is 1.59 bits per heavy atom. The molecule has 19 heteroatoms. The number of aromatic nitrogens is 2. The second-order valence-corrected chi connectivity index (χ2v) is 16.4. The van der Waals surface area contributed by atoms with E-state index in [4.69, 9.17) is 18.9 Å². The van der Waals surface area contributed by atoms with Gasteiger partial charge in [0.2, 0.25) is 21.8 Å². The average molecular weight is 832 g/mol. The Labute approximate surface area is 339 Å². The summed E-state index contributed by atoms with van der Waals surface area (Å²) < 4.78 is 52.9. The summed E-state index contributed by atoms with van der Waals surface area (Å²) in [6.07, 6.45) is 5.08. The number of likely N-dealkylation sites (tertiary alicyclic amines) is 1. The lowest BCUT2D eigenvalue weighted by atomic mass is 9.98. The molecule has 0 saturated carbocycles. The first kappa shape index (κ1) is 41.4.